The van der Waals surface area contributed by atoms with Crippen LogP contribution in [0.1, 0.15) is 35.2 Å². The number of hydrogen-bond acceptors (Lipinski definition) is 3. The Labute approximate surface area is 184 Å². The molecule has 0 spiro atoms. The van der Waals surface area contributed by atoms with E-state index in [1.165, 1.54) is 5.01 Å². The number of fused-ring (bicyclic) bond motifs is 5. The molecule has 3 amide bonds. The molecule has 0 aromatic heterocycles. The molecule has 30 heavy (non-hydrogen) atoms. The molecule has 2 bridgehead atoms. The summed E-state index contributed by atoms with van der Waals surface area (Å²) in [6.07, 6.45) is 2.92. The van der Waals surface area contributed by atoms with E-state index in [-0.39, 0.29) is 42.0 Å². The van der Waals surface area contributed by atoms with Gasteiger partial charge in [0.1, 0.15) is 0 Å². The van der Waals surface area contributed by atoms with E-state index < -0.39 is 5.91 Å². The van der Waals surface area contributed by atoms with Crippen molar-refractivity contribution in [3.05, 3.63) is 69.7 Å². The second-order valence-corrected chi connectivity index (χ2v) is 9.24. The number of carbonyl (C=O) groups is 3. The third kappa shape index (κ3) is 3.12. The first-order valence-corrected chi connectivity index (χ1v) is 10.9. The second-order valence-electron chi connectivity index (χ2n) is 8.37. The summed E-state index contributed by atoms with van der Waals surface area (Å²) in [6, 6.07) is 13.5. The monoisotopic (exact) mass is 442 g/mol. The van der Waals surface area contributed by atoms with Crippen molar-refractivity contribution in [2.45, 2.75) is 25.8 Å². The molecule has 7 heteroatoms. The third-order valence-corrected chi connectivity index (χ3v) is 7.22. The quantitative estimate of drug-likeness (QED) is 0.650. The topological polar surface area (TPSA) is 57.7 Å². The van der Waals surface area contributed by atoms with Gasteiger partial charge in [0.25, 0.3) is 17.7 Å². The normalized spacial score (nSPS) is 26.9. The summed E-state index contributed by atoms with van der Waals surface area (Å²) in [5, 5.41) is 3.49. The summed E-state index contributed by atoms with van der Waals surface area (Å²) in [5.74, 6) is -0.963. The predicted octanol–water partition coefficient (Wildman–Crippen LogP) is 4.58. The Morgan fingerprint density at radius 3 is 1.90 bits per heavy atom. The van der Waals surface area contributed by atoms with E-state index in [0.717, 1.165) is 29.8 Å². The van der Waals surface area contributed by atoms with Crippen molar-refractivity contribution in [3.63, 3.8) is 0 Å². The van der Waals surface area contributed by atoms with E-state index in [2.05, 4.69) is 0 Å². The molecule has 0 radical (unpaired) electrons. The van der Waals surface area contributed by atoms with Crippen LogP contribution < -0.4 is 0 Å². The second kappa shape index (κ2) is 7.40. The van der Waals surface area contributed by atoms with Gasteiger partial charge in [-0.3, -0.25) is 14.4 Å². The lowest BCUT2D eigenvalue weighted by Crippen LogP contribution is -2.50. The van der Waals surface area contributed by atoms with Crippen LogP contribution in [0.4, 0.5) is 0 Å². The molecule has 3 aliphatic rings. The number of imide groups is 1. The average Bonchev–Trinajstić information content (AvgIpc) is 3.42. The van der Waals surface area contributed by atoms with Gasteiger partial charge in [0.15, 0.2) is 0 Å². The highest BCUT2D eigenvalue weighted by Gasteiger charge is 2.62. The summed E-state index contributed by atoms with van der Waals surface area (Å²) >= 11 is 11.9. The maximum absolute atomic E-state index is 13.4. The molecule has 2 saturated carbocycles. The molecule has 0 unspecified atom stereocenters. The Morgan fingerprint density at radius 2 is 1.37 bits per heavy atom. The standard InChI is InChI=1S/C23H20Cl2N2O3/c24-17-7-1-13(2-8-17)12-26(21(28)14-5-9-18(25)10-6-14)27-22(29)19-15-3-4-16(11-15)20(19)23(27)30/h1-2,5-10,15-16,19-20H,3-4,11-12H2/t15-,16-,19-,20+/m1/s1. The lowest BCUT2D eigenvalue weighted by atomic mass is 9.81. The van der Waals surface area contributed by atoms with E-state index in [9.17, 15) is 14.4 Å². The summed E-state index contributed by atoms with van der Waals surface area (Å²) in [4.78, 5) is 40.1. The Kier molecular flexibility index (Phi) is 4.83. The molecule has 2 aromatic carbocycles. The molecule has 1 heterocycles. The fourth-order valence-corrected chi connectivity index (χ4v) is 5.62. The summed E-state index contributed by atoms with van der Waals surface area (Å²) in [5.41, 5.74) is 1.15. The van der Waals surface area contributed by atoms with Crippen molar-refractivity contribution < 1.29 is 14.4 Å². The molecule has 5 nitrogen and oxygen atoms in total. The molecule has 154 valence electrons. The van der Waals surface area contributed by atoms with Crippen LogP contribution in [-0.2, 0) is 16.1 Å². The lowest BCUT2D eigenvalue weighted by Gasteiger charge is -2.31. The molecule has 5 rings (SSSR count). The third-order valence-electron chi connectivity index (χ3n) is 6.72. The zero-order chi connectivity index (χ0) is 21.0. The predicted molar refractivity (Wildman–Crippen MR) is 112 cm³/mol. The SMILES string of the molecule is O=C(c1ccc(Cl)cc1)N(Cc1ccc(Cl)cc1)N1C(=O)[C@@H]2[C@@H]3CC[C@H](C3)[C@@H]2C1=O. The largest absolute Gasteiger partial charge is 0.273 e. The van der Waals surface area contributed by atoms with Gasteiger partial charge >= 0.3 is 0 Å². The van der Waals surface area contributed by atoms with Gasteiger partial charge in [0, 0.05) is 15.6 Å². The van der Waals surface area contributed by atoms with Crippen molar-refractivity contribution in [1.29, 1.82) is 0 Å². The summed E-state index contributed by atoms with van der Waals surface area (Å²) in [7, 11) is 0. The van der Waals surface area contributed by atoms with Crippen LogP contribution in [0.5, 0.6) is 0 Å². The van der Waals surface area contributed by atoms with Crippen LogP contribution in [0.3, 0.4) is 0 Å². The highest BCUT2D eigenvalue weighted by atomic mass is 35.5. The Morgan fingerprint density at radius 1 is 0.867 bits per heavy atom. The molecule has 1 saturated heterocycles. The molecule has 0 N–H and O–H groups in total. The van der Waals surface area contributed by atoms with Crippen molar-refractivity contribution in [2.24, 2.45) is 23.7 Å². The Balaban J connectivity index is 1.51. The minimum atomic E-state index is -0.407. The van der Waals surface area contributed by atoms with Gasteiger partial charge in [-0.25, -0.2) is 5.01 Å². The number of amides is 3. The number of hydrogen-bond donors (Lipinski definition) is 0. The molecular weight excluding hydrogens is 423 g/mol. The van der Waals surface area contributed by atoms with Crippen LogP contribution >= 0.6 is 23.2 Å². The van der Waals surface area contributed by atoms with Crippen LogP contribution in [0.25, 0.3) is 0 Å². The summed E-state index contributed by atoms with van der Waals surface area (Å²) < 4.78 is 0. The zero-order valence-corrected chi connectivity index (χ0v) is 17.6. The highest BCUT2D eigenvalue weighted by Crippen LogP contribution is 2.56. The van der Waals surface area contributed by atoms with E-state index in [1.54, 1.807) is 48.5 Å². The Bertz CT molecular complexity index is 994. The van der Waals surface area contributed by atoms with Crippen LogP contribution in [-0.4, -0.2) is 27.7 Å². The van der Waals surface area contributed by atoms with Crippen molar-refractivity contribution in [3.8, 4) is 0 Å². The first kappa shape index (κ1) is 19.6. The van der Waals surface area contributed by atoms with Gasteiger partial charge in [-0.05, 0) is 73.1 Å². The smallest absolute Gasteiger partial charge is 0.272 e. The minimum Gasteiger partial charge on any atom is -0.272 e. The fraction of sp³-hybridized carbons (Fsp3) is 0.348. The number of benzene rings is 2. The van der Waals surface area contributed by atoms with Gasteiger partial charge in [-0.15, -0.1) is 0 Å². The van der Waals surface area contributed by atoms with Crippen molar-refractivity contribution in [1.82, 2.24) is 10.0 Å². The molecule has 2 aromatic rings. The zero-order valence-electron chi connectivity index (χ0n) is 16.1. The van der Waals surface area contributed by atoms with Gasteiger partial charge in [-0.1, -0.05) is 35.3 Å². The van der Waals surface area contributed by atoms with E-state index in [4.69, 9.17) is 23.2 Å². The average molecular weight is 443 g/mol. The molecule has 2 aliphatic carbocycles. The van der Waals surface area contributed by atoms with Crippen LogP contribution in [0.2, 0.25) is 10.0 Å². The van der Waals surface area contributed by atoms with E-state index in [0.29, 0.717) is 15.6 Å². The highest BCUT2D eigenvalue weighted by molar-refractivity contribution is 6.30. The first-order chi connectivity index (χ1) is 14.4. The van der Waals surface area contributed by atoms with E-state index in [1.807, 2.05) is 0 Å². The van der Waals surface area contributed by atoms with Crippen molar-refractivity contribution >= 4 is 40.9 Å². The fourth-order valence-electron chi connectivity index (χ4n) is 5.37. The van der Waals surface area contributed by atoms with Gasteiger partial charge in [0.05, 0.1) is 18.4 Å². The lowest BCUT2D eigenvalue weighted by molar-refractivity contribution is -0.156. The number of hydrazine groups is 1. The summed E-state index contributed by atoms with van der Waals surface area (Å²) in [6.45, 7) is 0.102. The first-order valence-electron chi connectivity index (χ1n) is 10.1. The molecular formula is C23H20Cl2N2O3. The maximum Gasteiger partial charge on any atom is 0.273 e. The van der Waals surface area contributed by atoms with Crippen molar-refractivity contribution in [2.75, 3.05) is 0 Å². The number of halogens is 2. The minimum absolute atomic E-state index is 0.102. The number of nitrogens with zero attached hydrogens (tertiary/aromatic N) is 2. The van der Waals surface area contributed by atoms with Gasteiger partial charge in [0.2, 0.25) is 0 Å². The number of carbonyl (C=O) groups excluding carboxylic acids is 3. The Hall–Kier alpha value is -2.37. The van der Waals surface area contributed by atoms with Gasteiger partial charge < -0.3 is 0 Å². The number of rotatable bonds is 4. The van der Waals surface area contributed by atoms with Gasteiger partial charge in [-0.2, -0.15) is 5.01 Å². The van der Waals surface area contributed by atoms with E-state index >= 15 is 0 Å². The van der Waals surface area contributed by atoms with Crippen LogP contribution in [0, 0.1) is 23.7 Å². The maximum atomic E-state index is 13.4. The molecule has 3 fully saturated rings. The molecule has 4 atom stereocenters. The van der Waals surface area contributed by atoms with Crippen LogP contribution in [0.15, 0.2) is 48.5 Å². The molecule has 1 aliphatic heterocycles.